The average molecular weight is 222 g/mol. The zero-order chi connectivity index (χ0) is 11.5. The molecule has 0 aromatic carbocycles. The molecule has 2 N–H and O–H groups in total. The number of rotatable bonds is 2. The second-order valence-electron chi connectivity index (χ2n) is 3.59. The summed E-state index contributed by atoms with van der Waals surface area (Å²) in [6, 6.07) is 0. The zero-order valence-electron chi connectivity index (χ0n) is 9.12. The van der Waals surface area contributed by atoms with Gasteiger partial charge < -0.3 is 15.2 Å². The number of aromatic hydroxyl groups is 1. The number of carbonyl (C=O) groups is 1. The summed E-state index contributed by atoms with van der Waals surface area (Å²) in [6.07, 6.45) is 2.16. The van der Waals surface area contributed by atoms with Crippen LogP contribution in [0.25, 0.3) is 0 Å². The van der Waals surface area contributed by atoms with Crippen LogP contribution >= 0.6 is 0 Å². The van der Waals surface area contributed by atoms with Crippen molar-refractivity contribution in [2.45, 2.75) is 19.9 Å². The molecule has 0 saturated carbocycles. The van der Waals surface area contributed by atoms with Crippen LogP contribution in [0.3, 0.4) is 0 Å². The Morgan fingerprint density at radius 2 is 2.50 bits per heavy atom. The van der Waals surface area contributed by atoms with Crippen LogP contribution in [0, 0.1) is 0 Å². The Balaban J connectivity index is 2.37. The van der Waals surface area contributed by atoms with E-state index in [9.17, 15) is 9.90 Å². The van der Waals surface area contributed by atoms with Gasteiger partial charge in [0.25, 0.3) is 0 Å². The number of nitrogens with one attached hydrogen (secondary N) is 1. The first-order chi connectivity index (χ1) is 7.74. The normalized spacial score (nSPS) is 14.3. The third-order valence-corrected chi connectivity index (χ3v) is 2.57. The van der Waals surface area contributed by atoms with Crippen molar-refractivity contribution in [3.8, 4) is 5.75 Å². The Hall–Kier alpha value is -1.62. The molecule has 2 rings (SSSR count). The summed E-state index contributed by atoms with van der Waals surface area (Å²) in [5.74, 6) is -0.531. The second kappa shape index (κ2) is 4.49. The van der Waals surface area contributed by atoms with Gasteiger partial charge in [0, 0.05) is 37.0 Å². The lowest BCUT2D eigenvalue weighted by Crippen LogP contribution is -2.25. The molecule has 0 atom stereocenters. The average Bonchev–Trinajstić information content (AvgIpc) is 2.30. The largest absolute Gasteiger partial charge is 0.507 e. The fourth-order valence-corrected chi connectivity index (χ4v) is 1.76. The van der Waals surface area contributed by atoms with Crippen molar-refractivity contribution >= 4 is 5.97 Å². The SMILES string of the molecule is CCOC(=O)c1cnc2c(c1O)CNCC2. The molecule has 5 heteroatoms. The first-order valence-electron chi connectivity index (χ1n) is 5.31. The monoisotopic (exact) mass is 222 g/mol. The number of ether oxygens (including phenoxy) is 1. The summed E-state index contributed by atoms with van der Waals surface area (Å²) in [4.78, 5) is 15.7. The van der Waals surface area contributed by atoms with Crippen LogP contribution in [0.1, 0.15) is 28.5 Å². The molecule has 16 heavy (non-hydrogen) atoms. The van der Waals surface area contributed by atoms with Gasteiger partial charge in [0.05, 0.1) is 6.61 Å². The quantitative estimate of drug-likeness (QED) is 0.717. The van der Waals surface area contributed by atoms with Crippen LogP contribution in [0.4, 0.5) is 0 Å². The standard InChI is InChI=1S/C11H14N2O3/c1-2-16-11(15)8-6-13-9-3-4-12-5-7(9)10(8)14/h6,12H,2-5H2,1H3,(H,13,14). The van der Waals surface area contributed by atoms with E-state index in [1.165, 1.54) is 6.20 Å². The molecule has 0 aliphatic carbocycles. The summed E-state index contributed by atoms with van der Waals surface area (Å²) in [5.41, 5.74) is 1.70. The Kier molecular flexibility index (Phi) is 3.05. The number of pyridine rings is 1. The molecule has 0 fully saturated rings. The van der Waals surface area contributed by atoms with E-state index in [0.29, 0.717) is 12.1 Å². The number of aromatic nitrogens is 1. The Morgan fingerprint density at radius 1 is 1.69 bits per heavy atom. The van der Waals surface area contributed by atoms with Gasteiger partial charge in [0.15, 0.2) is 0 Å². The molecular weight excluding hydrogens is 208 g/mol. The molecule has 0 saturated heterocycles. The van der Waals surface area contributed by atoms with Crippen molar-refractivity contribution in [2.75, 3.05) is 13.2 Å². The van der Waals surface area contributed by atoms with E-state index in [4.69, 9.17) is 4.74 Å². The fourth-order valence-electron chi connectivity index (χ4n) is 1.76. The van der Waals surface area contributed by atoms with Gasteiger partial charge in [-0.1, -0.05) is 0 Å². The number of hydrogen-bond donors (Lipinski definition) is 2. The van der Waals surface area contributed by atoms with Gasteiger partial charge in [-0.05, 0) is 6.92 Å². The molecule has 5 nitrogen and oxygen atoms in total. The predicted octanol–water partition coefficient (Wildman–Crippen LogP) is 0.610. The highest BCUT2D eigenvalue weighted by Crippen LogP contribution is 2.26. The molecule has 0 bridgehead atoms. The zero-order valence-corrected chi connectivity index (χ0v) is 9.12. The number of nitrogens with zero attached hydrogens (tertiary/aromatic N) is 1. The second-order valence-corrected chi connectivity index (χ2v) is 3.59. The van der Waals surface area contributed by atoms with E-state index < -0.39 is 5.97 Å². The molecule has 0 amide bonds. The summed E-state index contributed by atoms with van der Waals surface area (Å²) >= 11 is 0. The lowest BCUT2D eigenvalue weighted by molar-refractivity contribution is 0.0522. The molecule has 2 heterocycles. The van der Waals surface area contributed by atoms with Crippen LogP contribution in [0.5, 0.6) is 5.75 Å². The molecule has 1 aliphatic rings. The molecule has 0 spiro atoms. The third kappa shape index (κ3) is 1.86. The molecule has 1 aromatic rings. The van der Waals surface area contributed by atoms with E-state index in [-0.39, 0.29) is 17.9 Å². The Labute approximate surface area is 93.5 Å². The van der Waals surface area contributed by atoms with Gasteiger partial charge in [-0.25, -0.2) is 4.79 Å². The Morgan fingerprint density at radius 3 is 3.25 bits per heavy atom. The van der Waals surface area contributed by atoms with Crippen molar-refractivity contribution in [3.63, 3.8) is 0 Å². The van der Waals surface area contributed by atoms with E-state index in [1.54, 1.807) is 6.92 Å². The van der Waals surface area contributed by atoms with Crippen LogP contribution in [0.15, 0.2) is 6.20 Å². The maximum Gasteiger partial charge on any atom is 0.343 e. The minimum Gasteiger partial charge on any atom is -0.507 e. The number of fused-ring (bicyclic) bond motifs is 1. The molecule has 86 valence electrons. The molecule has 0 unspecified atom stereocenters. The topological polar surface area (TPSA) is 71.5 Å². The van der Waals surface area contributed by atoms with Crippen LogP contribution in [-0.2, 0) is 17.7 Å². The number of hydrogen-bond acceptors (Lipinski definition) is 5. The van der Waals surface area contributed by atoms with Crippen molar-refractivity contribution in [1.82, 2.24) is 10.3 Å². The van der Waals surface area contributed by atoms with E-state index in [0.717, 1.165) is 18.7 Å². The molecular formula is C11H14N2O3. The highest BCUT2D eigenvalue weighted by Gasteiger charge is 2.21. The maximum atomic E-state index is 11.5. The summed E-state index contributed by atoms with van der Waals surface area (Å²) < 4.78 is 4.84. The van der Waals surface area contributed by atoms with Crippen molar-refractivity contribution in [3.05, 3.63) is 23.0 Å². The number of esters is 1. The lowest BCUT2D eigenvalue weighted by atomic mass is 10.0. The summed E-state index contributed by atoms with van der Waals surface area (Å²) in [6.45, 7) is 3.40. The third-order valence-electron chi connectivity index (χ3n) is 2.57. The van der Waals surface area contributed by atoms with Crippen LogP contribution < -0.4 is 5.32 Å². The maximum absolute atomic E-state index is 11.5. The van der Waals surface area contributed by atoms with Crippen molar-refractivity contribution in [1.29, 1.82) is 0 Å². The number of carbonyl (C=O) groups excluding carboxylic acids is 1. The molecule has 1 aromatic heterocycles. The van der Waals surface area contributed by atoms with Gasteiger partial charge in [0.1, 0.15) is 11.3 Å². The predicted molar refractivity (Wildman–Crippen MR) is 57.3 cm³/mol. The minimum absolute atomic E-state index is 0.00403. The smallest absolute Gasteiger partial charge is 0.343 e. The van der Waals surface area contributed by atoms with Gasteiger partial charge in [0.2, 0.25) is 0 Å². The van der Waals surface area contributed by atoms with Crippen LogP contribution in [0.2, 0.25) is 0 Å². The fraction of sp³-hybridized carbons (Fsp3) is 0.455. The van der Waals surface area contributed by atoms with E-state index in [2.05, 4.69) is 10.3 Å². The molecule has 0 radical (unpaired) electrons. The van der Waals surface area contributed by atoms with E-state index >= 15 is 0 Å². The van der Waals surface area contributed by atoms with Crippen LogP contribution in [-0.4, -0.2) is 29.2 Å². The summed E-state index contributed by atoms with van der Waals surface area (Å²) in [7, 11) is 0. The highest BCUT2D eigenvalue weighted by atomic mass is 16.5. The van der Waals surface area contributed by atoms with Gasteiger partial charge >= 0.3 is 5.97 Å². The van der Waals surface area contributed by atoms with Gasteiger partial charge in [-0.15, -0.1) is 0 Å². The van der Waals surface area contributed by atoms with Crippen molar-refractivity contribution < 1.29 is 14.6 Å². The first-order valence-corrected chi connectivity index (χ1v) is 5.31. The Bertz CT molecular complexity index is 418. The molecule has 1 aliphatic heterocycles. The first kappa shape index (κ1) is 10.9. The highest BCUT2D eigenvalue weighted by molar-refractivity contribution is 5.92. The van der Waals surface area contributed by atoms with Gasteiger partial charge in [-0.3, -0.25) is 4.98 Å². The van der Waals surface area contributed by atoms with Gasteiger partial charge in [-0.2, -0.15) is 0 Å². The van der Waals surface area contributed by atoms with E-state index in [1.807, 2.05) is 0 Å². The lowest BCUT2D eigenvalue weighted by Gasteiger charge is -2.18. The minimum atomic E-state index is -0.527. The van der Waals surface area contributed by atoms with Crippen molar-refractivity contribution in [2.24, 2.45) is 0 Å². The summed E-state index contributed by atoms with van der Waals surface area (Å²) in [5, 5.41) is 13.1.